The van der Waals surface area contributed by atoms with E-state index in [0.717, 1.165) is 36.7 Å². The molecule has 0 spiro atoms. The summed E-state index contributed by atoms with van der Waals surface area (Å²) in [5.41, 5.74) is 0. The number of unbranched alkanes of at least 4 members (excludes halogenated alkanes) is 4. The minimum Gasteiger partial charge on any atom is -0.493 e. The summed E-state index contributed by atoms with van der Waals surface area (Å²) in [7, 11) is 1.66. The molecule has 1 aromatic carbocycles. The third kappa shape index (κ3) is 5.72. The van der Waals surface area contributed by atoms with Gasteiger partial charge in [0.1, 0.15) is 0 Å². The molecule has 0 unspecified atom stereocenters. The Balaban J connectivity index is 2.61. The predicted molar refractivity (Wildman–Crippen MR) is 83.0 cm³/mol. The lowest BCUT2D eigenvalue weighted by atomic mass is 10.2. The van der Waals surface area contributed by atoms with Gasteiger partial charge in [0.05, 0.1) is 20.3 Å². The number of hydrogen-bond donors (Lipinski definition) is 0. The topological polar surface area (TPSA) is 27.7 Å². The summed E-state index contributed by atoms with van der Waals surface area (Å²) in [4.78, 5) is 0. The molecule has 0 N–H and O–H groups in total. The molecule has 0 saturated carbocycles. The van der Waals surface area contributed by atoms with Crippen LogP contribution in [0.2, 0.25) is 0 Å². The summed E-state index contributed by atoms with van der Waals surface area (Å²) in [6, 6.07) is 5.80. The van der Waals surface area contributed by atoms with Gasteiger partial charge in [0, 0.05) is 0 Å². The second-order valence-corrected chi connectivity index (χ2v) is 4.90. The third-order valence-electron chi connectivity index (χ3n) is 3.16. The van der Waals surface area contributed by atoms with Crippen LogP contribution in [0.5, 0.6) is 17.2 Å². The fraction of sp³-hybridized carbons (Fsp3) is 0.647. The van der Waals surface area contributed by atoms with Crippen LogP contribution in [-0.2, 0) is 0 Å². The Labute approximate surface area is 123 Å². The number of benzene rings is 1. The fourth-order valence-corrected chi connectivity index (χ4v) is 1.97. The van der Waals surface area contributed by atoms with E-state index in [-0.39, 0.29) is 0 Å². The number of hydrogen-bond acceptors (Lipinski definition) is 3. The van der Waals surface area contributed by atoms with E-state index in [1.165, 1.54) is 25.7 Å². The molecule has 0 aliphatic carbocycles. The van der Waals surface area contributed by atoms with E-state index in [4.69, 9.17) is 14.2 Å². The molecule has 0 amide bonds. The van der Waals surface area contributed by atoms with Gasteiger partial charge in [0.25, 0.3) is 0 Å². The summed E-state index contributed by atoms with van der Waals surface area (Å²) in [6.45, 7) is 5.81. The number of ether oxygens (including phenoxy) is 3. The third-order valence-corrected chi connectivity index (χ3v) is 3.16. The van der Waals surface area contributed by atoms with Gasteiger partial charge >= 0.3 is 0 Å². The maximum atomic E-state index is 5.87. The van der Waals surface area contributed by atoms with E-state index in [0.29, 0.717) is 6.61 Å². The van der Waals surface area contributed by atoms with Crippen molar-refractivity contribution in [3.8, 4) is 17.2 Å². The van der Waals surface area contributed by atoms with Crippen LogP contribution in [0, 0.1) is 0 Å². The van der Waals surface area contributed by atoms with Crippen molar-refractivity contribution in [2.45, 2.75) is 52.4 Å². The van der Waals surface area contributed by atoms with Crippen molar-refractivity contribution in [1.29, 1.82) is 0 Å². The van der Waals surface area contributed by atoms with Gasteiger partial charge < -0.3 is 14.2 Å². The van der Waals surface area contributed by atoms with Crippen LogP contribution in [0.1, 0.15) is 52.4 Å². The highest BCUT2D eigenvalue weighted by atomic mass is 16.5. The van der Waals surface area contributed by atoms with Crippen LogP contribution < -0.4 is 14.2 Å². The van der Waals surface area contributed by atoms with E-state index in [1.54, 1.807) is 7.11 Å². The SMILES string of the molecule is CCCCCOc1cccc(OC)c1OCCCCC. The molecule has 0 fully saturated rings. The molecular formula is C17H28O3. The zero-order chi connectivity index (χ0) is 14.6. The van der Waals surface area contributed by atoms with Gasteiger partial charge in [0.2, 0.25) is 5.75 Å². The lowest BCUT2D eigenvalue weighted by Crippen LogP contribution is -2.04. The Kier molecular flexibility index (Phi) is 8.68. The monoisotopic (exact) mass is 280 g/mol. The van der Waals surface area contributed by atoms with Crippen LogP contribution in [0.15, 0.2) is 18.2 Å². The molecule has 0 aliphatic rings. The zero-order valence-corrected chi connectivity index (χ0v) is 13.1. The quantitative estimate of drug-likeness (QED) is 0.543. The van der Waals surface area contributed by atoms with E-state index in [9.17, 15) is 0 Å². The molecule has 1 rings (SSSR count). The molecule has 0 atom stereocenters. The number of rotatable bonds is 11. The van der Waals surface area contributed by atoms with E-state index in [1.807, 2.05) is 18.2 Å². The van der Waals surface area contributed by atoms with Gasteiger partial charge in [-0.1, -0.05) is 45.6 Å². The molecule has 20 heavy (non-hydrogen) atoms. The molecule has 3 heteroatoms. The first-order valence-electron chi connectivity index (χ1n) is 7.76. The van der Waals surface area contributed by atoms with Crippen molar-refractivity contribution in [3.05, 3.63) is 18.2 Å². The van der Waals surface area contributed by atoms with Gasteiger partial charge in [-0.3, -0.25) is 0 Å². The minimum absolute atomic E-state index is 0.708. The van der Waals surface area contributed by atoms with Gasteiger partial charge in [-0.15, -0.1) is 0 Å². The normalized spacial score (nSPS) is 10.3. The molecule has 0 aliphatic heterocycles. The summed E-state index contributed by atoms with van der Waals surface area (Å²) in [6.07, 6.45) is 6.89. The minimum atomic E-state index is 0.708. The van der Waals surface area contributed by atoms with Crippen LogP contribution >= 0.6 is 0 Å². The first-order valence-corrected chi connectivity index (χ1v) is 7.76. The molecule has 1 aromatic rings. The van der Waals surface area contributed by atoms with Crippen LogP contribution in [0.3, 0.4) is 0 Å². The Morgan fingerprint density at radius 1 is 0.800 bits per heavy atom. The summed E-state index contributed by atoms with van der Waals surface area (Å²) >= 11 is 0. The highest BCUT2D eigenvalue weighted by Crippen LogP contribution is 2.37. The van der Waals surface area contributed by atoms with Crippen molar-refractivity contribution < 1.29 is 14.2 Å². The Hall–Kier alpha value is -1.38. The maximum absolute atomic E-state index is 5.87. The van der Waals surface area contributed by atoms with Gasteiger partial charge in [0.15, 0.2) is 11.5 Å². The largest absolute Gasteiger partial charge is 0.493 e. The van der Waals surface area contributed by atoms with Gasteiger partial charge in [-0.25, -0.2) is 0 Å². The van der Waals surface area contributed by atoms with E-state index >= 15 is 0 Å². The Bertz CT molecular complexity index is 363. The van der Waals surface area contributed by atoms with Crippen molar-refractivity contribution in [1.82, 2.24) is 0 Å². The second kappa shape index (κ2) is 10.4. The molecular weight excluding hydrogens is 252 g/mol. The second-order valence-electron chi connectivity index (χ2n) is 4.90. The Morgan fingerprint density at radius 2 is 1.40 bits per heavy atom. The van der Waals surface area contributed by atoms with Crippen LogP contribution in [-0.4, -0.2) is 20.3 Å². The fourth-order valence-electron chi connectivity index (χ4n) is 1.97. The van der Waals surface area contributed by atoms with Crippen molar-refractivity contribution in [2.24, 2.45) is 0 Å². The smallest absolute Gasteiger partial charge is 0.203 e. The van der Waals surface area contributed by atoms with Crippen molar-refractivity contribution in [3.63, 3.8) is 0 Å². The summed E-state index contributed by atoms with van der Waals surface area (Å²) in [5, 5.41) is 0. The highest BCUT2D eigenvalue weighted by molar-refractivity contribution is 5.51. The lowest BCUT2D eigenvalue weighted by molar-refractivity contribution is 0.248. The van der Waals surface area contributed by atoms with Gasteiger partial charge in [-0.2, -0.15) is 0 Å². The lowest BCUT2D eigenvalue weighted by Gasteiger charge is -2.15. The molecule has 0 radical (unpaired) electrons. The maximum Gasteiger partial charge on any atom is 0.203 e. The van der Waals surface area contributed by atoms with E-state index < -0.39 is 0 Å². The summed E-state index contributed by atoms with van der Waals surface area (Å²) < 4.78 is 17.1. The van der Waals surface area contributed by atoms with Crippen molar-refractivity contribution >= 4 is 0 Å². The molecule has 0 saturated heterocycles. The highest BCUT2D eigenvalue weighted by Gasteiger charge is 2.11. The summed E-state index contributed by atoms with van der Waals surface area (Å²) in [5.74, 6) is 2.27. The molecule has 0 bridgehead atoms. The Morgan fingerprint density at radius 3 is 2.00 bits per heavy atom. The average molecular weight is 280 g/mol. The molecule has 114 valence electrons. The van der Waals surface area contributed by atoms with Crippen molar-refractivity contribution in [2.75, 3.05) is 20.3 Å². The first kappa shape index (κ1) is 16.7. The standard InChI is InChI=1S/C17H28O3/c1-4-6-8-13-19-16-12-10-11-15(18-3)17(16)20-14-9-7-5-2/h10-12H,4-9,13-14H2,1-3H3. The van der Waals surface area contributed by atoms with Gasteiger partial charge in [-0.05, 0) is 25.0 Å². The van der Waals surface area contributed by atoms with Crippen LogP contribution in [0.25, 0.3) is 0 Å². The molecule has 0 heterocycles. The van der Waals surface area contributed by atoms with E-state index in [2.05, 4.69) is 13.8 Å². The average Bonchev–Trinajstić information content (AvgIpc) is 2.48. The number of para-hydroxylation sites is 1. The zero-order valence-electron chi connectivity index (χ0n) is 13.1. The molecule has 3 nitrogen and oxygen atoms in total. The molecule has 0 aromatic heterocycles. The first-order chi connectivity index (χ1) is 9.83. The predicted octanol–water partition coefficient (Wildman–Crippen LogP) is 4.83. The number of methoxy groups -OCH3 is 1. The van der Waals surface area contributed by atoms with Crippen LogP contribution in [0.4, 0.5) is 0 Å².